The second kappa shape index (κ2) is 12.7. The Morgan fingerprint density at radius 1 is 1.07 bits per heavy atom. The van der Waals surface area contributed by atoms with E-state index in [0.717, 1.165) is 18.6 Å². The summed E-state index contributed by atoms with van der Waals surface area (Å²) >= 11 is 0. The van der Waals surface area contributed by atoms with E-state index in [1.807, 2.05) is 48.5 Å². The van der Waals surface area contributed by atoms with Crippen molar-refractivity contribution in [2.75, 3.05) is 13.6 Å². The van der Waals surface area contributed by atoms with Crippen LogP contribution >= 0.6 is 0 Å². The summed E-state index contributed by atoms with van der Waals surface area (Å²) in [5.74, 6) is 2.52. The van der Waals surface area contributed by atoms with Gasteiger partial charge in [0.1, 0.15) is 11.5 Å². The van der Waals surface area contributed by atoms with Gasteiger partial charge in [-0.1, -0.05) is 38.1 Å². The molecule has 0 fully saturated rings. The highest BCUT2D eigenvalue weighted by Crippen LogP contribution is 2.21. The number of amides is 1. The maximum Gasteiger partial charge on any atom is 0.251 e. The Hall–Kier alpha value is -2.59. The van der Waals surface area contributed by atoms with E-state index in [9.17, 15) is 4.79 Å². The molecule has 3 N–H and O–H groups in total. The normalized spacial score (nSPS) is 11.1. The topological polar surface area (TPSA) is 64.3 Å². The molecule has 4 heteroatoms. The monoisotopic (exact) mass is 368 g/mol. The molecule has 0 aliphatic heterocycles. The number of carbonyl (C=O) groups is 1. The van der Waals surface area contributed by atoms with Crippen LogP contribution in [0.3, 0.4) is 0 Å². The van der Waals surface area contributed by atoms with Crippen molar-refractivity contribution in [3.05, 3.63) is 72.8 Å². The van der Waals surface area contributed by atoms with Crippen molar-refractivity contribution >= 4 is 5.91 Å². The number of nitrogens with two attached hydrogens (primary N) is 1. The van der Waals surface area contributed by atoms with Gasteiger partial charge in [0.2, 0.25) is 0 Å². The van der Waals surface area contributed by atoms with Crippen molar-refractivity contribution in [3.63, 3.8) is 0 Å². The van der Waals surface area contributed by atoms with Crippen LogP contribution in [0.4, 0.5) is 0 Å². The maximum absolute atomic E-state index is 12.2. The van der Waals surface area contributed by atoms with Crippen molar-refractivity contribution < 1.29 is 9.53 Å². The standard InChI is InChI=1S/C22H27NO2.CH5N/c1-4-18(16-17(2)3)14-15-23-22(24)19-10-12-21(13-11-19)25-20-8-6-5-7-9-20;1-2/h4-13,17-18H,1,14-16H2,2-3H3,(H,23,24);2H2,1H3. The summed E-state index contributed by atoms with van der Waals surface area (Å²) in [5, 5.41) is 2.98. The lowest BCUT2D eigenvalue weighted by Gasteiger charge is -2.15. The molecule has 0 aliphatic rings. The highest BCUT2D eigenvalue weighted by Gasteiger charge is 2.09. The summed E-state index contributed by atoms with van der Waals surface area (Å²) < 4.78 is 5.73. The maximum atomic E-state index is 12.2. The van der Waals surface area contributed by atoms with Crippen molar-refractivity contribution in [2.24, 2.45) is 17.6 Å². The van der Waals surface area contributed by atoms with Crippen LogP contribution in [0.5, 0.6) is 11.5 Å². The fourth-order valence-corrected chi connectivity index (χ4v) is 2.71. The Morgan fingerprint density at radius 3 is 2.22 bits per heavy atom. The Labute approximate surface area is 163 Å². The molecule has 1 atom stereocenters. The Balaban J connectivity index is 0.00000176. The first-order valence-corrected chi connectivity index (χ1v) is 9.40. The van der Waals surface area contributed by atoms with Crippen LogP contribution in [-0.2, 0) is 0 Å². The molecule has 2 aromatic carbocycles. The van der Waals surface area contributed by atoms with Gasteiger partial charge in [-0.3, -0.25) is 4.79 Å². The zero-order valence-electron chi connectivity index (χ0n) is 16.7. The first kappa shape index (κ1) is 22.5. The number of benzene rings is 2. The molecule has 27 heavy (non-hydrogen) atoms. The third-order valence-electron chi connectivity index (χ3n) is 4.00. The highest BCUT2D eigenvalue weighted by atomic mass is 16.5. The molecule has 2 aromatic rings. The minimum Gasteiger partial charge on any atom is -0.457 e. The van der Waals surface area contributed by atoms with E-state index >= 15 is 0 Å². The molecule has 0 saturated carbocycles. The summed E-state index contributed by atoms with van der Waals surface area (Å²) in [6, 6.07) is 16.8. The minimum absolute atomic E-state index is 0.0568. The lowest BCUT2D eigenvalue weighted by molar-refractivity contribution is 0.0952. The van der Waals surface area contributed by atoms with E-state index in [4.69, 9.17) is 4.74 Å². The SMILES string of the molecule is C=CC(CCNC(=O)c1ccc(Oc2ccccc2)cc1)CC(C)C.CN. The molecule has 0 heterocycles. The molecule has 0 aromatic heterocycles. The molecule has 0 radical (unpaired) electrons. The van der Waals surface area contributed by atoms with Crippen LogP contribution < -0.4 is 15.8 Å². The number of ether oxygens (including phenoxy) is 1. The van der Waals surface area contributed by atoms with Crippen molar-refractivity contribution in [2.45, 2.75) is 26.7 Å². The Morgan fingerprint density at radius 2 is 1.67 bits per heavy atom. The quantitative estimate of drug-likeness (QED) is 0.611. The van der Waals surface area contributed by atoms with E-state index in [1.54, 1.807) is 12.1 Å². The van der Waals surface area contributed by atoms with Crippen LogP contribution in [-0.4, -0.2) is 19.5 Å². The number of para-hydroxylation sites is 1. The van der Waals surface area contributed by atoms with Gasteiger partial charge >= 0.3 is 0 Å². The number of allylic oxidation sites excluding steroid dienone is 1. The molecule has 0 aliphatic carbocycles. The van der Waals surface area contributed by atoms with Crippen molar-refractivity contribution in [3.8, 4) is 11.5 Å². The lowest BCUT2D eigenvalue weighted by atomic mass is 9.94. The van der Waals surface area contributed by atoms with Gasteiger partial charge in [-0.15, -0.1) is 6.58 Å². The predicted octanol–water partition coefficient (Wildman–Crippen LogP) is 5.02. The summed E-state index contributed by atoms with van der Waals surface area (Å²) in [4.78, 5) is 12.2. The zero-order valence-corrected chi connectivity index (χ0v) is 16.7. The molecule has 0 saturated heterocycles. The Bertz CT molecular complexity index is 667. The van der Waals surface area contributed by atoms with Gasteiger partial charge in [-0.05, 0) is 68.1 Å². The van der Waals surface area contributed by atoms with E-state index in [2.05, 4.69) is 31.5 Å². The van der Waals surface area contributed by atoms with Gasteiger partial charge in [-0.2, -0.15) is 0 Å². The molecule has 0 spiro atoms. The highest BCUT2D eigenvalue weighted by molar-refractivity contribution is 5.94. The van der Waals surface area contributed by atoms with Crippen molar-refractivity contribution in [1.82, 2.24) is 5.32 Å². The molecule has 0 bridgehead atoms. The van der Waals surface area contributed by atoms with Gasteiger partial charge in [0.25, 0.3) is 5.91 Å². The molecule has 1 unspecified atom stereocenters. The third-order valence-corrected chi connectivity index (χ3v) is 4.00. The average Bonchev–Trinajstić information content (AvgIpc) is 2.69. The second-order valence-corrected chi connectivity index (χ2v) is 6.61. The number of nitrogens with one attached hydrogen (secondary N) is 1. The van der Waals surface area contributed by atoms with Crippen LogP contribution in [0, 0.1) is 11.8 Å². The van der Waals surface area contributed by atoms with Crippen LogP contribution in [0.2, 0.25) is 0 Å². The molecule has 4 nitrogen and oxygen atoms in total. The average molecular weight is 369 g/mol. The largest absolute Gasteiger partial charge is 0.457 e. The summed E-state index contributed by atoms with van der Waals surface area (Å²) in [7, 11) is 1.50. The van der Waals surface area contributed by atoms with Gasteiger partial charge in [0.05, 0.1) is 0 Å². The minimum atomic E-state index is -0.0568. The Kier molecular flexibility index (Phi) is 10.6. The van der Waals surface area contributed by atoms with E-state index in [1.165, 1.54) is 7.05 Å². The number of hydrogen-bond acceptors (Lipinski definition) is 3. The van der Waals surface area contributed by atoms with Gasteiger partial charge in [0.15, 0.2) is 0 Å². The van der Waals surface area contributed by atoms with Gasteiger partial charge in [-0.25, -0.2) is 0 Å². The van der Waals surface area contributed by atoms with E-state index in [0.29, 0.717) is 29.7 Å². The molecule has 1 amide bonds. The predicted molar refractivity (Wildman–Crippen MR) is 113 cm³/mol. The van der Waals surface area contributed by atoms with Gasteiger partial charge < -0.3 is 15.8 Å². The summed E-state index contributed by atoms with van der Waals surface area (Å²) in [6.07, 6.45) is 4.01. The third kappa shape index (κ3) is 8.56. The van der Waals surface area contributed by atoms with E-state index in [-0.39, 0.29) is 5.91 Å². The molecule has 146 valence electrons. The lowest BCUT2D eigenvalue weighted by Crippen LogP contribution is -2.25. The number of rotatable bonds is 9. The first-order chi connectivity index (χ1) is 13.1. The summed E-state index contributed by atoms with van der Waals surface area (Å²) in [6.45, 7) is 8.95. The zero-order chi connectivity index (χ0) is 20.1. The number of carbonyl (C=O) groups excluding carboxylic acids is 1. The van der Waals surface area contributed by atoms with Crippen molar-refractivity contribution in [1.29, 1.82) is 0 Å². The van der Waals surface area contributed by atoms with Crippen LogP contribution in [0.25, 0.3) is 0 Å². The fourth-order valence-electron chi connectivity index (χ4n) is 2.71. The van der Waals surface area contributed by atoms with Crippen LogP contribution in [0.15, 0.2) is 67.3 Å². The smallest absolute Gasteiger partial charge is 0.251 e. The summed E-state index contributed by atoms with van der Waals surface area (Å²) in [5.41, 5.74) is 5.14. The molecule has 2 rings (SSSR count). The first-order valence-electron chi connectivity index (χ1n) is 9.40. The van der Waals surface area contributed by atoms with Crippen LogP contribution in [0.1, 0.15) is 37.0 Å². The van der Waals surface area contributed by atoms with E-state index < -0.39 is 0 Å². The second-order valence-electron chi connectivity index (χ2n) is 6.61. The van der Waals surface area contributed by atoms with Gasteiger partial charge in [0, 0.05) is 12.1 Å². The molecular weight excluding hydrogens is 336 g/mol. The fraction of sp³-hybridized carbons (Fsp3) is 0.348. The number of hydrogen-bond donors (Lipinski definition) is 2. The molecular formula is C23H32N2O2.